The lowest BCUT2D eigenvalue weighted by molar-refractivity contribution is 0.353. The van der Waals surface area contributed by atoms with Gasteiger partial charge in [-0.25, -0.2) is 4.98 Å². The van der Waals surface area contributed by atoms with Gasteiger partial charge < -0.3 is 14.4 Å². The van der Waals surface area contributed by atoms with Gasteiger partial charge in [-0.2, -0.15) is 5.26 Å². The van der Waals surface area contributed by atoms with Gasteiger partial charge in [-0.1, -0.05) is 6.07 Å². The van der Waals surface area contributed by atoms with Gasteiger partial charge in [-0.05, 0) is 41.8 Å². The molecule has 0 saturated carbocycles. The minimum atomic E-state index is 0.569. The van der Waals surface area contributed by atoms with Gasteiger partial charge in [0.1, 0.15) is 11.7 Å². The highest BCUT2D eigenvalue weighted by Gasteiger charge is 2.24. The highest BCUT2D eigenvalue weighted by atomic mass is 16.5. The number of methoxy groups -OCH3 is 2. The zero-order valence-electron chi connectivity index (χ0n) is 14.2. The molecule has 1 aliphatic rings. The third kappa shape index (κ3) is 2.45. The molecule has 0 N–H and O–H groups in total. The van der Waals surface area contributed by atoms with Crippen LogP contribution in [0.15, 0.2) is 36.5 Å². The molecule has 0 atom stereocenters. The van der Waals surface area contributed by atoms with Crippen molar-refractivity contribution in [1.29, 1.82) is 5.26 Å². The van der Waals surface area contributed by atoms with Crippen molar-refractivity contribution in [1.82, 2.24) is 9.38 Å². The van der Waals surface area contributed by atoms with Gasteiger partial charge in [0, 0.05) is 19.3 Å². The first-order chi connectivity index (χ1) is 12.2. The van der Waals surface area contributed by atoms with Gasteiger partial charge in [0.05, 0.1) is 14.2 Å². The van der Waals surface area contributed by atoms with Crippen molar-refractivity contribution in [3.63, 3.8) is 0 Å². The van der Waals surface area contributed by atoms with Gasteiger partial charge in [0.2, 0.25) is 0 Å². The molecule has 0 unspecified atom stereocenters. The van der Waals surface area contributed by atoms with Crippen LogP contribution in [0.2, 0.25) is 0 Å². The largest absolute Gasteiger partial charge is 0.493 e. The SMILES string of the molecule is COc1cc2c(cc1OC)CN(c1nc3ccccn3c1C#N)CC2. The number of aromatic nitrogens is 2. The summed E-state index contributed by atoms with van der Waals surface area (Å²) in [6.45, 7) is 1.50. The minimum absolute atomic E-state index is 0.569. The number of benzene rings is 1. The number of nitrogens with zero attached hydrogens (tertiary/aromatic N) is 4. The fourth-order valence-electron chi connectivity index (χ4n) is 3.37. The first-order valence-electron chi connectivity index (χ1n) is 8.11. The molecule has 0 spiro atoms. The van der Waals surface area contributed by atoms with Crippen LogP contribution in [-0.4, -0.2) is 30.1 Å². The normalized spacial score (nSPS) is 13.4. The maximum absolute atomic E-state index is 9.61. The van der Waals surface area contributed by atoms with Crippen LogP contribution in [0.1, 0.15) is 16.8 Å². The van der Waals surface area contributed by atoms with Gasteiger partial charge in [0.15, 0.2) is 23.0 Å². The topological polar surface area (TPSA) is 62.8 Å². The summed E-state index contributed by atoms with van der Waals surface area (Å²) in [6, 6.07) is 12.1. The second-order valence-corrected chi connectivity index (χ2v) is 5.97. The molecule has 0 amide bonds. The van der Waals surface area contributed by atoms with Gasteiger partial charge in [0.25, 0.3) is 0 Å². The molecule has 3 heterocycles. The Bertz CT molecular complexity index is 987. The number of anilines is 1. The Morgan fingerprint density at radius 3 is 2.60 bits per heavy atom. The van der Waals surface area contributed by atoms with Crippen molar-refractivity contribution in [3.05, 3.63) is 53.3 Å². The Morgan fingerprint density at radius 1 is 1.12 bits per heavy atom. The van der Waals surface area contributed by atoms with Crippen LogP contribution < -0.4 is 14.4 Å². The van der Waals surface area contributed by atoms with E-state index in [1.165, 1.54) is 11.1 Å². The number of pyridine rings is 1. The molecule has 1 aromatic carbocycles. The number of hydrogen-bond donors (Lipinski definition) is 0. The van der Waals surface area contributed by atoms with Crippen molar-refractivity contribution in [2.24, 2.45) is 0 Å². The smallest absolute Gasteiger partial charge is 0.169 e. The summed E-state index contributed by atoms with van der Waals surface area (Å²) in [5.41, 5.74) is 3.77. The first-order valence-corrected chi connectivity index (χ1v) is 8.11. The molecule has 4 rings (SSSR count). The number of fused-ring (bicyclic) bond motifs is 2. The van der Waals surface area contributed by atoms with Crippen LogP contribution in [0.4, 0.5) is 5.82 Å². The Balaban J connectivity index is 1.75. The number of imidazole rings is 1. The lowest BCUT2D eigenvalue weighted by Gasteiger charge is -2.29. The van der Waals surface area contributed by atoms with E-state index in [1.54, 1.807) is 14.2 Å². The van der Waals surface area contributed by atoms with Crippen LogP contribution in [0.25, 0.3) is 5.65 Å². The molecular formula is C19H18N4O2. The molecule has 0 saturated heterocycles. The Labute approximate surface area is 145 Å². The van der Waals surface area contributed by atoms with E-state index in [-0.39, 0.29) is 0 Å². The quantitative estimate of drug-likeness (QED) is 0.737. The zero-order valence-corrected chi connectivity index (χ0v) is 14.2. The number of ether oxygens (including phenoxy) is 2. The Hall–Kier alpha value is -3.20. The number of rotatable bonds is 3. The molecular weight excluding hydrogens is 316 g/mol. The van der Waals surface area contributed by atoms with Gasteiger partial charge >= 0.3 is 0 Å². The summed E-state index contributed by atoms with van der Waals surface area (Å²) in [5, 5.41) is 9.61. The second kappa shape index (κ2) is 6.02. The summed E-state index contributed by atoms with van der Waals surface area (Å²) < 4.78 is 12.6. The molecule has 25 heavy (non-hydrogen) atoms. The summed E-state index contributed by atoms with van der Waals surface area (Å²) >= 11 is 0. The fourth-order valence-corrected chi connectivity index (χ4v) is 3.37. The molecule has 1 aliphatic heterocycles. The fraction of sp³-hybridized carbons (Fsp3) is 0.263. The summed E-state index contributed by atoms with van der Waals surface area (Å²) in [7, 11) is 3.29. The van der Waals surface area contributed by atoms with Gasteiger partial charge in [-0.3, -0.25) is 4.40 Å². The summed E-state index contributed by atoms with van der Waals surface area (Å²) in [5.74, 6) is 2.20. The molecule has 3 aromatic rings. The standard InChI is InChI=1S/C19H18N4O2/c1-24-16-9-13-6-8-22(12-14(13)10-17(16)25-2)19-15(11-20)23-7-4-3-5-18(23)21-19/h3-5,7,9-10H,6,8,12H2,1-2H3. The second-order valence-electron chi connectivity index (χ2n) is 5.97. The van der Waals surface area contributed by atoms with Gasteiger partial charge in [-0.15, -0.1) is 0 Å². The molecule has 6 heteroatoms. The number of nitriles is 1. The maximum Gasteiger partial charge on any atom is 0.169 e. The molecule has 126 valence electrons. The zero-order chi connectivity index (χ0) is 17.4. The first kappa shape index (κ1) is 15.3. The Morgan fingerprint density at radius 2 is 1.88 bits per heavy atom. The highest BCUT2D eigenvalue weighted by molar-refractivity contribution is 5.62. The average Bonchev–Trinajstić information content (AvgIpc) is 3.05. The molecule has 6 nitrogen and oxygen atoms in total. The molecule has 0 bridgehead atoms. The van der Waals surface area contributed by atoms with Crippen LogP contribution in [0.3, 0.4) is 0 Å². The van der Waals surface area contributed by atoms with E-state index in [0.717, 1.165) is 35.9 Å². The lowest BCUT2D eigenvalue weighted by Crippen LogP contribution is -2.31. The van der Waals surface area contributed by atoms with Crippen LogP contribution in [0, 0.1) is 11.3 Å². The van der Waals surface area contributed by atoms with Crippen molar-refractivity contribution in [3.8, 4) is 17.6 Å². The van der Waals surface area contributed by atoms with E-state index < -0.39 is 0 Å². The lowest BCUT2D eigenvalue weighted by atomic mass is 9.98. The van der Waals surface area contributed by atoms with Crippen LogP contribution in [-0.2, 0) is 13.0 Å². The summed E-state index contributed by atoms with van der Waals surface area (Å²) in [4.78, 5) is 6.82. The molecule has 0 fully saturated rings. The third-order valence-electron chi connectivity index (χ3n) is 4.64. The van der Waals surface area contributed by atoms with Crippen molar-refractivity contribution in [2.75, 3.05) is 25.7 Å². The molecule has 0 radical (unpaired) electrons. The monoisotopic (exact) mass is 334 g/mol. The van der Waals surface area contributed by atoms with Crippen molar-refractivity contribution >= 4 is 11.5 Å². The van der Waals surface area contributed by atoms with Crippen LogP contribution >= 0.6 is 0 Å². The van der Waals surface area contributed by atoms with E-state index >= 15 is 0 Å². The summed E-state index contributed by atoms with van der Waals surface area (Å²) in [6.07, 6.45) is 2.74. The van der Waals surface area contributed by atoms with E-state index in [4.69, 9.17) is 9.47 Å². The van der Waals surface area contributed by atoms with E-state index in [9.17, 15) is 5.26 Å². The molecule has 0 aliphatic carbocycles. The van der Waals surface area contributed by atoms with E-state index in [0.29, 0.717) is 12.2 Å². The van der Waals surface area contributed by atoms with Crippen LogP contribution in [0.5, 0.6) is 11.5 Å². The predicted molar refractivity (Wildman–Crippen MR) is 94.2 cm³/mol. The highest BCUT2D eigenvalue weighted by Crippen LogP contribution is 2.35. The third-order valence-corrected chi connectivity index (χ3v) is 4.64. The van der Waals surface area contributed by atoms with Crippen molar-refractivity contribution in [2.45, 2.75) is 13.0 Å². The average molecular weight is 334 g/mol. The maximum atomic E-state index is 9.61. The van der Waals surface area contributed by atoms with E-state index in [2.05, 4.69) is 16.0 Å². The predicted octanol–water partition coefficient (Wildman–Crippen LogP) is 2.79. The van der Waals surface area contributed by atoms with E-state index in [1.807, 2.05) is 40.9 Å². The minimum Gasteiger partial charge on any atom is -0.493 e. The molecule has 2 aromatic heterocycles. The Kier molecular flexibility index (Phi) is 3.69. The van der Waals surface area contributed by atoms with Crippen molar-refractivity contribution < 1.29 is 9.47 Å². The number of hydrogen-bond acceptors (Lipinski definition) is 5.